The highest BCUT2D eigenvalue weighted by atomic mass is 16.5. The predicted octanol–water partition coefficient (Wildman–Crippen LogP) is 1.35. The molecule has 2 aromatic heterocycles. The Morgan fingerprint density at radius 3 is 2.82 bits per heavy atom. The molecule has 0 spiro atoms. The standard InChI is InChI=1S/C12H16N4O/c1-9(13)11-6-14-8-16(11)7-10-3-4-12(17-2)15-5-10/h3-6,8-9H,7,13H2,1-2H3/t9-/m0/s1. The Labute approximate surface area is 100 Å². The second-order valence-corrected chi connectivity index (χ2v) is 3.94. The summed E-state index contributed by atoms with van der Waals surface area (Å²) in [7, 11) is 1.60. The van der Waals surface area contributed by atoms with Crippen LogP contribution in [0.4, 0.5) is 0 Å². The van der Waals surface area contributed by atoms with Crippen molar-refractivity contribution in [2.75, 3.05) is 7.11 Å². The van der Waals surface area contributed by atoms with Gasteiger partial charge in [-0.05, 0) is 12.5 Å². The molecule has 5 heteroatoms. The van der Waals surface area contributed by atoms with E-state index in [0.29, 0.717) is 12.4 Å². The lowest BCUT2D eigenvalue weighted by Gasteiger charge is -2.10. The van der Waals surface area contributed by atoms with Crippen molar-refractivity contribution in [3.63, 3.8) is 0 Å². The molecule has 0 saturated carbocycles. The summed E-state index contributed by atoms with van der Waals surface area (Å²) in [4.78, 5) is 8.28. The molecule has 0 aliphatic heterocycles. The summed E-state index contributed by atoms with van der Waals surface area (Å²) in [6.45, 7) is 2.66. The molecule has 0 fully saturated rings. The smallest absolute Gasteiger partial charge is 0.212 e. The van der Waals surface area contributed by atoms with Gasteiger partial charge in [0.05, 0.1) is 25.7 Å². The van der Waals surface area contributed by atoms with Gasteiger partial charge in [-0.2, -0.15) is 0 Å². The number of methoxy groups -OCH3 is 1. The van der Waals surface area contributed by atoms with Crippen molar-refractivity contribution in [1.29, 1.82) is 0 Å². The maximum Gasteiger partial charge on any atom is 0.212 e. The van der Waals surface area contributed by atoms with Crippen molar-refractivity contribution < 1.29 is 4.74 Å². The third-order valence-corrected chi connectivity index (χ3v) is 2.57. The highest BCUT2D eigenvalue weighted by molar-refractivity contribution is 5.19. The summed E-state index contributed by atoms with van der Waals surface area (Å²) < 4.78 is 7.04. The molecule has 1 atom stereocenters. The molecule has 0 aliphatic carbocycles. The average Bonchev–Trinajstić information content (AvgIpc) is 2.78. The van der Waals surface area contributed by atoms with Crippen molar-refractivity contribution in [1.82, 2.24) is 14.5 Å². The SMILES string of the molecule is COc1ccc(Cn2cncc2[C@H](C)N)cn1. The van der Waals surface area contributed by atoms with Gasteiger partial charge in [-0.15, -0.1) is 0 Å². The lowest BCUT2D eigenvalue weighted by Crippen LogP contribution is -2.12. The number of hydrogen-bond acceptors (Lipinski definition) is 4. The maximum absolute atomic E-state index is 5.86. The van der Waals surface area contributed by atoms with E-state index in [1.54, 1.807) is 25.8 Å². The summed E-state index contributed by atoms with van der Waals surface area (Å²) >= 11 is 0. The topological polar surface area (TPSA) is 66.0 Å². The third-order valence-electron chi connectivity index (χ3n) is 2.57. The minimum Gasteiger partial charge on any atom is -0.481 e. The van der Waals surface area contributed by atoms with E-state index < -0.39 is 0 Å². The van der Waals surface area contributed by atoms with E-state index in [0.717, 1.165) is 11.3 Å². The summed E-state index contributed by atoms with van der Waals surface area (Å²) in [5.74, 6) is 0.617. The van der Waals surface area contributed by atoms with Crippen LogP contribution < -0.4 is 10.5 Å². The number of aromatic nitrogens is 3. The van der Waals surface area contributed by atoms with Crippen LogP contribution in [0.25, 0.3) is 0 Å². The molecule has 2 rings (SSSR count). The van der Waals surface area contributed by atoms with Crippen LogP contribution in [0.15, 0.2) is 30.9 Å². The largest absolute Gasteiger partial charge is 0.481 e. The fourth-order valence-electron chi connectivity index (χ4n) is 1.66. The number of nitrogens with two attached hydrogens (primary N) is 1. The molecule has 0 unspecified atom stereocenters. The zero-order valence-corrected chi connectivity index (χ0v) is 10.00. The third kappa shape index (κ3) is 2.62. The number of ether oxygens (including phenoxy) is 1. The van der Waals surface area contributed by atoms with Crippen molar-refractivity contribution in [2.24, 2.45) is 5.73 Å². The monoisotopic (exact) mass is 232 g/mol. The van der Waals surface area contributed by atoms with Gasteiger partial charge in [0, 0.05) is 24.5 Å². The summed E-state index contributed by atoms with van der Waals surface area (Å²) in [5.41, 5.74) is 7.97. The molecule has 0 aliphatic rings. The molecule has 2 N–H and O–H groups in total. The summed E-state index contributed by atoms with van der Waals surface area (Å²) in [6, 6.07) is 3.80. The fourth-order valence-corrected chi connectivity index (χ4v) is 1.66. The number of hydrogen-bond donors (Lipinski definition) is 1. The van der Waals surface area contributed by atoms with E-state index in [2.05, 4.69) is 9.97 Å². The molecule has 0 radical (unpaired) electrons. The molecule has 0 aromatic carbocycles. The van der Waals surface area contributed by atoms with Gasteiger partial charge in [-0.1, -0.05) is 6.07 Å². The van der Waals surface area contributed by atoms with Crippen LogP contribution in [0.1, 0.15) is 24.2 Å². The van der Waals surface area contributed by atoms with Gasteiger partial charge in [0.2, 0.25) is 5.88 Å². The van der Waals surface area contributed by atoms with Crippen molar-refractivity contribution in [2.45, 2.75) is 19.5 Å². The summed E-state index contributed by atoms with van der Waals surface area (Å²) in [5, 5.41) is 0. The number of imidazole rings is 1. The van der Waals surface area contributed by atoms with E-state index >= 15 is 0 Å². The van der Waals surface area contributed by atoms with E-state index in [4.69, 9.17) is 10.5 Å². The van der Waals surface area contributed by atoms with Gasteiger partial charge < -0.3 is 15.0 Å². The Kier molecular flexibility index (Phi) is 3.39. The quantitative estimate of drug-likeness (QED) is 0.864. The molecule has 0 amide bonds. The Balaban J connectivity index is 2.16. The second kappa shape index (κ2) is 4.97. The van der Waals surface area contributed by atoms with Gasteiger partial charge in [0.25, 0.3) is 0 Å². The molecular weight excluding hydrogens is 216 g/mol. The minimum atomic E-state index is -0.0243. The lowest BCUT2D eigenvalue weighted by molar-refractivity contribution is 0.397. The van der Waals surface area contributed by atoms with Crippen LogP contribution in [0.3, 0.4) is 0 Å². The van der Waals surface area contributed by atoms with Crippen molar-refractivity contribution in [3.8, 4) is 5.88 Å². The van der Waals surface area contributed by atoms with Crippen LogP contribution in [0, 0.1) is 0 Å². The van der Waals surface area contributed by atoms with Crippen molar-refractivity contribution >= 4 is 0 Å². The number of pyridine rings is 1. The Morgan fingerprint density at radius 1 is 1.41 bits per heavy atom. The van der Waals surface area contributed by atoms with Crippen LogP contribution in [-0.2, 0) is 6.54 Å². The van der Waals surface area contributed by atoms with Gasteiger partial charge in [0.1, 0.15) is 0 Å². The molecule has 17 heavy (non-hydrogen) atoms. The Bertz CT molecular complexity index is 476. The first-order valence-corrected chi connectivity index (χ1v) is 5.45. The van der Waals surface area contributed by atoms with Gasteiger partial charge in [0.15, 0.2) is 0 Å². The first-order valence-electron chi connectivity index (χ1n) is 5.45. The van der Waals surface area contributed by atoms with E-state index in [-0.39, 0.29) is 6.04 Å². The maximum atomic E-state index is 5.86. The minimum absolute atomic E-state index is 0.0243. The highest BCUT2D eigenvalue weighted by Gasteiger charge is 2.07. The van der Waals surface area contributed by atoms with E-state index in [9.17, 15) is 0 Å². The fraction of sp³-hybridized carbons (Fsp3) is 0.333. The van der Waals surface area contributed by atoms with Crippen LogP contribution in [-0.4, -0.2) is 21.6 Å². The van der Waals surface area contributed by atoms with Gasteiger partial charge in [-0.3, -0.25) is 0 Å². The highest BCUT2D eigenvalue weighted by Crippen LogP contribution is 2.12. The zero-order chi connectivity index (χ0) is 12.3. The van der Waals surface area contributed by atoms with Crippen LogP contribution in [0.5, 0.6) is 5.88 Å². The first kappa shape index (κ1) is 11.6. The lowest BCUT2D eigenvalue weighted by atomic mass is 10.2. The normalized spacial score (nSPS) is 12.4. The predicted molar refractivity (Wildman–Crippen MR) is 64.7 cm³/mol. The summed E-state index contributed by atoms with van der Waals surface area (Å²) in [6.07, 6.45) is 5.37. The zero-order valence-electron chi connectivity index (χ0n) is 10.00. The number of rotatable bonds is 4. The number of nitrogens with zero attached hydrogens (tertiary/aromatic N) is 3. The Hall–Kier alpha value is -1.88. The van der Waals surface area contributed by atoms with Crippen molar-refractivity contribution in [3.05, 3.63) is 42.1 Å². The van der Waals surface area contributed by atoms with Crippen LogP contribution >= 0.6 is 0 Å². The molecular formula is C12H16N4O. The molecule has 2 aromatic rings. The van der Waals surface area contributed by atoms with E-state index in [1.165, 1.54) is 0 Å². The van der Waals surface area contributed by atoms with Gasteiger partial charge in [-0.25, -0.2) is 9.97 Å². The molecule has 0 bridgehead atoms. The van der Waals surface area contributed by atoms with Crippen LogP contribution in [0.2, 0.25) is 0 Å². The second-order valence-electron chi connectivity index (χ2n) is 3.94. The molecule has 5 nitrogen and oxygen atoms in total. The average molecular weight is 232 g/mol. The van der Waals surface area contributed by atoms with Gasteiger partial charge >= 0.3 is 0 Å². The Morgan fingerprint density at radius 2 is 2.24 bits per heavy atom. The molecule has 0 saturated heterocycles. The first-order chi connectivity index (χ1) is 8.20. The van der Waals surface area contributed by atoms with E-state index in [1.807, 2.05) is 23.6 Å². The molecule has 2 heterocycles. The molecule has 90 valence electrons.